The number of para-hydroxylation sites is 1. The van der Waals surface area contributed by atoms with Crippen LogP contribution < -0.4 is 4.74 Å². The molecule has 2 rings (SSSR count). The van der Waals surface area contributed by atoms with Crippen LogP contribution in [0.5, 0.6) is 5.75 Å². The van der Waals surface area contributed by atoms with Crippen LogP contribution in [0, 0.1) is 0 Å². The molecule has 0 amide bonds. The molecule has 1 heterocycles. The van der Waals surface area contributed by atoms with Crippen molar-refractivity contribution in [2.24, 2.45) is 0 Å². The average Bonchev–Trinajstić information content (AvgIpc) is 2.27. The number of aliphatic hydroxyl groups is 1. The lowest BCUT2D eigenvalue weighted by Gasteiger charge is -2.42. The number of ether oxygens (including phenoxy) is 2. The van der Waals surface area contributed by atoms with Crippen LogP contribution in [-0.2, 0) is 4.74 Å². The van der Waals surface area contributed by atoms with Crippen molar-refractivity contribution < 1.29 is 14.6 Å². The van der Waals surface area contributed by atoms with Crippen molar-refractivity contribution in [3.8, 4) is 5.75 Å². The van der Waals surface area contributed by atoms with E-state index in [1.54, 1.807) is 7.11 Å². The molecular formula is C15H22O3. The van der Waals surface area contributed by atoms with Gasteiger partial charge >= 0.3 is 0 Å². The summed E-state index contributed by atoms with van der Waals surface area (Å²) in [5, 5.41) is 10.2. The third-order valence-electron chi connectivity index (χ3n) is 3.61. The van der Waals surface area contributed by atoms with Gasteiger partial charge in [-0.1, -0.05) is 18.2 Å². The van der Waals surface area contributed by atoms with E-state index >= 15 is 0 Å². The van der Waals surface area contributed by atoms with Gasteiger partial charge < -0.3 is 14.6 Å². The van der Waals surface area contributed by atoms with Gasteiger partial charge in [-0.05, 0) is 26.8 Å². The maximum absolute atomic E-state index is 10.2. The van der Waals surface area contributed by atoms with Crippen molar-refractivity contribution in [2.45, 2.75) is 50.9 Å². The summed E-state index contributed by atoms with van der Waals surface area (Å²) in [6, 6.07) is 7.68. The van der Waals surface area contributed by atoms with Crippen LogP contribution in [0.25, 0.3) is 0 Å². The van der Waals surface area contributed by atoms with Crippen molar-refractivity contribution in [3.05, 3.63) is 29.8 Å². The maximum atomic E-state index is 10.2. The predicted molar refractivity (Wildman–Crippen MR) is 70.8 cm³/mol. The molecule has 1 aliphatic heterocycles. The van der Waals surface area contributed by atoms with E-state index in [-0.39, 0.29) is 5.60 Å². The summed E-state index contributed by atoms with van der Waals surface area (Å²) < 4.78 is 11.6. The molecule has 0 aliphatic carbocycles. The zero-order valence-electron chi connectivity index (χ0n) is 11.6. The Balaban J connectivity index is 2.24. The Labute approximate surface area is 109 Å². The molecule has 0 bridgehead atoms. The van der Waals surface area contributed by atoms with Crippen LogP contribution in [0.15, 0.2) is 24.3 Å². The van der Waals surface area contributed by atoms with Gasteiger partial charge in [0.05, 0.1) is 11.7 Å². The average molecular weight is 250 g/mol. The first kappa shape index (κ1) is 13.4. The van der Waals surface area contributed by atoms with Crippen LogP contribution >= 0.6 is 0 Å². The third-order valence-corrected chi connectivity index (χ3v) is 3.61. The van der Waals surface area contributed by atoms with Gasteiger partial charge in [0.1, 0.15) is 11.4 Å². The highest BCUT2D eigenvalue weighted by Gasteiger charge is 2.40. The summed E-state index contributed by atoms with van der Waals surface area (Å²) in [5.41, 5.74) is 0.221. The molecule has 1 aromatic rings. The van der Waals surface area contributed by atoms with Crippen molar-refractivity contribution in [1.82, 2.24) is 0 Å². The smallest absolute Gasteiger partial charge is 0.125 e. The molecule has 0 saturated carbocycles. The van der Waals surface area contributed by atoms with Gasteiger partial charge in [0.15, 0.2) is 0 Å². The molecule has 3 nitrogen and oxygen atoms in total. The third kappa shape index (κ3) is 2.68. The molecule has 100 valence electrons. The van der Waals surface area contributed by atoms with Gasteiger partial charge in [0, 0.05) is 25.5 Å². The van der Waals surface area contributed by atoms with E-state index in [1.165, 1.54) is 0 Å². The van der Waals surface area contributed by atoms with E-state index < -0.39 is 11.7 Å². The lowest BCUT2D eigenvalue weighted by molar-refractivity contribution is -0.0746. The highest BCUT2D eigenvalue weighted by atomic mass is 16.5. The van der Waals surface area contributed by atoms with Crippen molar-refractivity contribution in [3.63, 3.8) is 0 Å². The van der Waals surface area contributed by atoms with Crippen molar-refractivity contribution >= 4 is 0 Å². The normalized spacial score (nSPS) is 27.5. The maximum Gasteiger partial charge on any atom is 0.125 e. The zero-order valence-corrected chi connectivity index (χ0v) is 11.6. The SMILES string of the molecule is COC(C)(C)CC1(C)C[C@@H](O)c2ccccc2O1. The summed E-state index contributed by atoms with van der Waals surface area (Å²) in [7, 11) is 1.70. The number of hydrogen-bond acceptors (Lipinski definition) is 3. The van der Waals surface area contributed by atoms with E-state index in [9.17, 15) is 5.11 Å². The fourth-order valence-electron chi connectivity index (χ4n) is 2.76. The number of hydrogen-bond donors (Lipinski definition) is 1. The molecule has 18 heavy (non-hydrogen) atoms. The van der Waals surface area contributed by atoms with Crippen LogP contribution in [0.4, 0.5) is 0 Å². The molecule has 3 heteroatoms. The van der Waals surface area contributed by atoms with Gasteiger partial charge in [-0.15, -0.1) is 0 Å². The van der Waals surface area contributed by atoms with Crippen LogP contribution in [-0.4, -0.2) is 23.4 Å². The minimum Gasteiger partial charge on any atom is -0.487 e. The minimum atomic E-state index is -0.465. The van der Waals surface area contributed by atoms with E-state index in [0.29, 0.717) is 6.42 Å². The molecule has 0 radical (unpaired) electrons. The Morgan fingerprint density at radius 2 is 2.11 bits per heavy atom. The second kappa shape index (κ2) is 4.56. The van der Waals surface area contributed by atoms with E-state index in [1.807, 2.05) is 45.0 Å². The number of methoxy groups -OCH3 is 1. The van der Waals surface area contributed by atoms with E-state index in [4.69, 9.17) is 9.47 Å². The largest absolute Gasteiger partial charge is 0.487 e. The summed E-state index contributed by atoms with van der Waals surface area (Å²) in [5.74, 6) is 0.783. The topological polar surface area (TPSA) is 38.7 Å². The lowest BCUT2D eigenvalue weighted by atomic mass is 9.82. The van der Waals surface area contributed by atoms with Gasteiger partial charge in [-0.25, -0.2) is 0 Å². The summed E-state index contributed by atoms with van der Waals surface area (Å²) in [6.45, 7) is 6.11. The Bertz CT molecular complexity index is 428. The molecule has 1 unspecified atom stereocenters. The summed E-state index contributed by atoms with van der Waals surface area (Å²) >= 11 is 0. The molecule has 0 spiro atoms. The van der Waals surface area contributed by atoms with Gasteiger partial charge in [-0.3, -0.25) is 0 Å². The molecule has 1 N–H and O–H groups in total. The first-order chi connectivity index (χ1) is 8.35. The summed E-state index contributed by atoms with van der Waals surface area (Å²) in [6.07, 6.45) is 0.867. The number of rotatable bonds is 3. The Morgan fingerprint density at radius 1 is 1.44 bits per heavy atom. The number of fused-ring (bicyclic) bond motifs is 1. The fourth-order valence-corrected chi connectivity index (χ4v) is 2.76. The first-order valence-corrected chi connectivity index (χ1v) is 6.36. The highest BCUT2D eigenvalue weighted by molar-refractivity contribution is 5.37. The van der Waals surface area contributed by atoms with E-state index in [0.717, 1.165) is 17.7 Å². The Morgan fingerprint density at radius 3 is 2.78 bits per heavy atom. The number of benzene rings is 1. The minimum absolute atomic E-state index is 0.263. The zero-order chi connectivity index (χ0) is 13.4. The standard InChI is InChI=1S/C15H22O3/c1-14(2,17-4)10-15(3)9-12(16)11-7-5-6-8-13(11)18-15/h5-8,12,16H,9-10H2,1-4H3/t12-,15?/m1/s1. The molecule has 0 aromatic heterocycles. The predicted octanol–water partition coefficient (Wildman–Crippen LogP) is 3.08. The molecule has 2 atom stereocenters. The van der Waals surface area contributed by atoms with Crippen LogP contribution in [0.1, 0.15) is 45.3 Å². The molecule has 1 aliphatic rings. The Kier molecular flexibility index (Phi) is 3.39. The Hall–Kier alpha value is -1.06. The van der Waals surface area contributed by atoms with Gasteiger partial charge in [0.2, 0.25) is 0 Å². The second-order valence-electron chi connectivity index (χ2n) is 5.95. The number of aliphatic hydroxyl groups excluding tert-OH is 1. The molecule has 0 fully saturated rings. The molecule has 1 aromatic carbocycles. The lowest BCUT2D eigenvalue weighted by Crippen LogP contribution is -2.44. The molecule has 0 saturated heterocycles. The van der Waals surface area contributed by atoms with E-state index in [2.05, 4.69) is 0 Å². The van der Waals surface area contributed by atoms with Crippen LogP contribution in [0.3, 0.4) is 0 Å². The quantitative estimate of drug-likeness (QED) is 0.896. The first-order valence-electron chi connectivity index (χ1n) is 6.36. The van der Waals surface area contributed by atoms with Gasteiger partial charge in [-0.2, -0.15) is 0 Å². The fraction of sp³-hybridized carbons (Fsp3) is 0.600. The van der Waals surface area contributed by atoms with Crippen molar-refractivity contribution in [1.29, 1.82) is 0 Å². The molecular weight excluding hydrogens is 228 g/mol. The van der Waals surface area contributed by atoms with Crippen LogP contribution in [0.2, 0.25) is 0 Å². The monoisotopic (exact) mass is 250 g/mol. The van der Waals surface area contributed by atoms with Crippen molar-refractivity contribution in [2.75, 3.05) is 7.11 Å². The van der Waals surface area contributed by atoms with Gasteiger partial charge in [0.25, 0.3) is 0 Å². The second-order valence-corrected chi connectivity index (χ2v) is 5.95. The summed E-state index contributed by atoms with van der Waals surface area (Å²) in [4.78, 5) is 0. The highest BCUT2D eigenvalue weighted by Crippen LogP contribution is 2.42.